The zero-order chi connectivity index (χ0) is 23.4. The van der Waals surface area contributed by atoms with Gasteiger partial charge in [-0.3, -0.25) is 4.79 Å². The van der Waals surface area contributed by atoms with E-state index in [0.29, 0.717) is 22.5 Å². The van der Waals surface area contributed by atoms with Gasteiger partial charge in [0.25, 0.3) is 15.9 Å². The lowest BCUT2D eigenvalue weighted by Crippen LogP contribution is -2.15. The van der Waals surface area contributed by atoms with Crippen LogP contribution in [0.25, 0.3) is 0 Å². The maximum atomic E-state index is 12.9. The fourth-order valence-electron chi connectivity index (χ4n) is 2.92. The predicted octanol–water partition coefficient (Wildman–Crippen LogP) is 5.70. The molecule has 0 saturated carbocycles. The first-order valence-corrected chi connectivity index (χ1v) is 13.3. The Bertz CT molecular complexity index is 1360. The van der Waals surface area contributed by atoms with Crippen LogP contribution < -0.4 is 10.0 Å². The van der Waals surface area contributed by atoms with Crippen LogP contribution in [0.15, 0.2) is 79.7 Å². The van der Waals surface area contributed by atoms with Crippen LogP contribution in [-0.2, 0) is 15.8 Å². The highest BCUT2D eigenvalue weighted by molar-refractivity contribution is 7.98. The van der Waals surface area contributed by atoms with Crippen LogP contribution in [0, 0.1) is 13.8 Å². The first kappa shape index (κ1) is 23.1. The van der Waals surface area contributed by atoms with Crippen molar-refractivity contribution in [3.05, 3.63) is 87.7 Å². The minimum absolute atomic E-state index is 0.0423. The van der Waals surface area contributed by atoms with E-state index in [0.717, 1.165) is 10.6 Å². The Balaban J connectivity index is 1.45. The van der Waals surface area contributed by atoms with Gasteiger partial charge in [0.15, 0.2) is 0 Å². The predicted molar refractivity (Wildman–Crippen MR) is 132 cm³/mol. The number of thioether (sulfide) groups is 1. The van der Waals surface area contributed by atoms with Crippen molar-refractivity contribution in [2.45, 2.75) is 29.4 Å². The van der Waals surface area contributed by atoms with E-state index in [1.54, 1.807) is 55.1 Å². The molecule has 7 nitrogen and oxygen atoms in total. The molecular weight excluding hydrogens is 478 g/mol. The van der Waals surface area contributed by atoms with E-state index >= 15 is 0 Å². The molecule has 0 aliphatic carbocycles. The number of sulfonamides is 1. The third kappa shape index (κ3) is 5.47. The first-order valence-electron chi connectivity index (χ1n) is 9.93. The van der Waals surface area contributed by atoms with Crippen LogP contribution in [-0.4, -0.2) is 19.5 Å². The fraction of sp³-hybridized carbons (Fsp3) is 0.130. The summed E-state index contributed by atoms with van der Waals surface area (Å²) in [5, 5.41) is 10.7. The van der Waals surface area contributed by atoms with E-state index in [1.807, 2.05) is 23.6 Å². The average Bonchev–Trinajstić information content (AvgIpc) is 3.44. The molecule has 1 amide bonds. The molecule has 2 heterocycles. The van der Waals surface area contributed by atoms with Crippen LogP contribution in [0.2, 0.25) is 0 Å². The van der Waals surface area contributed by atoms with Gasteiger partial charge in [-0.2, -0.15) is 11.3 Å². The third-order valence-electron chi connectivity index (χ3n) is 4.91. The number of carbonyl (C=O) groups excluding carboxylic acids is 1. The van der Waals surface area contributed by atoms with Crippen molar-refractivity contribution in [1.82, 2.24) is 5.16 Å². The van der Waals surface area contributed by atoms with Gasteiger partial charge < -0.3 is 9.84 Å². The molecule has 0 atom stereocenters. The number of thiophene rings is 1. The number of benzene rings is 2. The number of aryl methyl sites for hydroxylation is 1. The summed E-state index contributed by atoms with van der Waals surface area (Å²) in [4.78, 5) is 13.8. The number of nitrogens with zero attached hydrogens (tertiary/aromatic N) is 1. The van der Waals surface area contributed by atoms with Crippen LogP contribution in [0.3, 0.4) is 0 Å². The second-order valence-corrected chi connectivity index (χ2v) is 10.7. The van der Waals surface area contributed by atoms with E-state index in [1.165, 1.54) is 17.7 Å². The highest BCUT2D eigenvalue weighted by Gasteiger charge is 2.19. The number of aromatic nitrogens is 1. The topological polar surface area (TPSA) is 101 Å². The molecule has 33 heavy (non-hydrogen) atoms. The maximum Gasteiger partial charge on any atom is 0.264 e. The SMILES string of the molecule is Cc1noc(NS(=O)(=O)c2ccc(NC(=O)c3ccccc3SCc3ccsc3)cc2)c1C. The maximum absolute atomic E-state index is 12.9. The van der Waals surface area contributed by atoms with Crippen LogP contribution in [0.5, 0.6) is 0 Å². The summed E-state index contributed by atoms with van der Waals surface area (Å²) in [6, 6.07) is 15.4. The van der Waals surface area contributed by atoms with Crippen molar-refractivity contribution in [1.29, 1.82) is 0 Å². The molecule has 0 bridgehead atoms. The van der Waals surface area contributed by atoms with Gasteiger partial charge in [-0.05, 0) is 72.6 Å². The number of hydrogen-bond acceptors (Lipinski definition) is 7. The summed E-state index contributed by atoms with van der Waals surface area (Å²) in [7, 11) is -3.85. The normalized spacial score (nSPS) is 11.3. The summed E-state index contributed by atoms with van der Waals surface area (Å²) in [5.74, 6) is 0.601. The standard InChI is InChI=1S/C23H21N3O4S3/c1-15-16(2)25-30-23(15)26-33(28,29)19-9-7-18(8-10-19)24-22(27)20-5-3-4-6-21(20)32-14-17-11-12-31-13-17/h3-13,26H,14H2,1-2H3,(H,24,27). The lowest BCUT2D eigenvalue weighted by molar-refractivity contribution is 0.102. The number of nitrogens with one attached hydrogen (secondary N) is 2. The molecule has 0 aliphatic heterocycles. The number of amides is 1. The molecule has 4 rings (SSSR count). The molecule has 0 fully saturated rings. The minimum atomic E-state index is -3.85. The molecule has 4 aromatic rings. The van der Waals surface area contributed by atoms with Gasteiger partial charge in [0.1, 0.15) is 0 Å². The Kier molecular flexibility index (Phi) is 6.87. The first-order chi connectivity index (χ1) is 15.8. The number of rotatable bonds is 8. The Morgan fingerprint density at radius 2 is 1.85 bits per heavy atom. The van der Waals surface area contributed by atoms with E-state index < -0.39 is 10.0 Å². The molecule has 0 spiro atoms. The molecule has 0 aliphatic rings. The molecule has 0 unspecified atom stereocenters. The van der Waals surface area contributed by atoms with Gasteiger partial charge >= 0.3 is 0 Å². The fourth-order valence-corrected chi connectivity index (χ4v) is 5.74. The monoisotopic (exact) mass is 499 g/mol. The van der Waals surface area contributed by atoms with Gasteiger partial charge in [0.2, 0.25) is 5.88 Å². The van der Waals surface area contributed by atoms with Crippen LogP contribution >= 0.6 is 23.1 Å². The molecule has 10 heteroatoms. The smallest absolute Gasteiger partial charge is 0.264 e. The quantitative estimate of drug-likeness (QED) is 0.302. The Hall–Kier alpha value is -3.08. The largest absolute Gasteiger partial charge is 0.337 e. The van der Waals surface area contributed by atoms with Crippen molar-refractivity contribution >= 4 is 50.6 Å². The van der Waals surface area contributed by atoms with Crippen molar-refractivity contribution in [2.24, 2.45) is 0 Å². The molecular formula is C23H21N3O4S3. The van der Waals surface area contributed by atoms with Gasteiger partial charge in [0.05, 0.1) is 16.2 Å². The highest BCUT2D eigenvalue weighted by atomic mass is 32.2. The van der Waals surface area contributed by atoms with Crippen LogP contribution in [0.4, 0.5) is 11.6 Å². The zero-order valence-electron chi connectivity index (χ0n) is 17.9. The van der Waals surface area contributed by atoms with Gasteiger partial charge in [0, 0.05) is 21.9 Å². The lowest BCUT2D eigenvalue weighted by Gasteiger charge is -2.11. The van der Waals surface area contributed by atoms with Crippen molar-refractivity contribution < 1.29 is 17.7 Å². The molecule has 2 N–H and O–H groups in total. The van der Waals surface area contributed by atoms with Crippen LogP contribution in [0.1, 0.15) is 27.2 Å². The third-order valence-corrected chi connectivity index (χ3v) is 8.14. The summed E-state index contributed by atoms with van der Waals surface area (Å²) in [5.41, 5.74) is 3.49. The lowest BCUT2D eigenvalue weighted by atomic mass is 10.2. The summed E-state index contributed by atoms with van der Waals surface area (Å²) in [6.45, 7) is 3.45. The minimum Gasteiger partial charge on any atom is -0.337 e. The van der Waals surface area contributed by atoms with E-state index in [-0.39, 0.29) is 16.7 Å². The van der Waals surface area contributed by atoms with Crippen molar-refractivity contribution in [3.63, 3.8) is 0 Å². The second kappa shape index (κ2) is 9.82. The summed E-state index contributed by atoms with van der Waals surface area (Å²) in [6.07, 6.45) is 0. The van der Waals surface area contributed by atoms with Gasteiger partial charge in [-0.1, -0.05) is 17.3 Å². The molecule has 0 radical (unpaired) electrons. The van der Waals surface area contributed by atoms with E-state index in [4.69, 9.17) is 4.52 Å². The number of anilines is 2. The molecule has 2 aromatic carbocycles. The van der Waals surface area contributed by atoms with E-state index in [2.05, 4.69) is 26.6 Å². The Labute approximate surface area is 200 Å². The molecule has 170 valence electrons. The Morgan fingerprint density at radius 3 is 2.52 bits per heavy atom. The van der Waals surface area contributed by atoms with Crippen molar-refractivity contribution in [2.75, 3.05) is 10.0 Å². The van der Waals surface area contributed by atoms with Gasteiger partial charge in [-0.15, -0.1) is 11.8 Å². The Morgan fingerprint density at radius 1 is 1.09 bits per heavy atom. The number of carbonyl (C=O) groups is 1. The zero-order valence-corrected chi connectivity index (χ0v) is 20.3. The highest BCUT2D eigenvalue weighted by Crippen LogP contribution is 2.28. The average molecular weight is 500 g/mol. The molecule has 2 aromatic heterocycles. The summed E-state index contributed by atoms with van der Waals surface area (Å²) < 4.78 is 32.7. The van der Waals surface area contributed by atoms with E-state index in [9.17, 15) is 13.2 Å². The molecule has 0 saturated heterocycles. The van der Waals surface area contributed by atoms with Gasteiger partial charge in [-0.25, -0.2) is 13.1 Å². The van der Waals surface area contributed by atoms with Crippen molar-refractivity contribution in [3.8, 4) is 0 Å². The number of hydrogen-bond donors (Lipinski definition) is 2. The summed E-state index contributed by atoms with van der Waals surface area (Å²) >= 11 is 3.24. The second-order valence-electron chi connectivity index (χ2n) is 7.22.